The summed E-state index contributed by atoms with van der Waals surface area (Å²) in [5, 5.41) is 14.2. The summed E-state index contributed by atoms with van der Waals surface area (Å²) in [5.74, 6) is 0.773. The maximum atomic E-state index is 13.4. The van der Waals surface area contributed by atoms with Gasteiger partial charge in [0.2, 0.25) is 5.88 Å². The van der Waals surface area contributed by atoms with Gasteiger partial charge >= 0.3 is 12.1 Å². The summed E-state index contributed by atoms with van der Waals surface area (Å²) < 4.78 is 50.4. The van der Waals surface area contributed by atoms with Gasteiger partial charge in [-0.2, -0.15) is 13.2 Å². The van der Waals surface area contributed by atoms with Crippen LogP contribution in [0.4, 0.5) is 24.8 Å². The molecule has 0 amide bonds. The number of hydrogen-bond acceptors (Lipinski definition) is 9. The molecular weight excluding hydrogens is 643 g/mol. The highest BCUT2D eigenvalue weighted by Crippen LogP contribution is 2.38. The Bertz CT molecular complexity index is 1730. The molecule has 1 aromatic carbocycles. The number of pyridine rings is 1. The van der Waals surface area contributed by atoms with Crippen LogP contribution in [-0.4, -0.2) is 61.7 Å². The number of aryl methyl sites for hydroxylation is 1. The summed E-state index contributed by atoms with van der Waals surface area (Å²) in [5.41, 5.74) is -0.488. The van der Waals surface area contributed by atoms with Gasteiger partial charge in [-0.1, -0.05) is 37.1 Å². The lowest BCUT2D eigenvalue weighted by molar-refractivity contribution is -0.219. The van der Waals surface area contributed by atoms with Crippen LogP contribution < -0.4 is 14.4 Å². The van der Waals surface area contributed by atoms with Crippen LogP contribution in [0, 0.1) is 10.8 Å². The van der Waals surface area contributed by atoms with Crippen LogP contribution in [0.5, 0.6) is 5.88 Å². The molecule has 0 aliphatic carbocycles. The molecule has 0 spiro atoms. The average molecular weight is 684 g/mol. The zero-order valence-electron chi connectivity index (χ0n) is 27.4. The highest BCUT2D eigenvalue weighted by Gasteiger charge is 2.48. The monoisotopic (exact) mass is 683 g/mol. The highest BCUT2D eigenvalue weighted by molar-refractivity contribution is 8.00. The first-order chi connectivity index (χ1) is 22.7. The van der Waals surface area contributed by atoms with E-state index in [0.717, 1.165) is 62.0 Å². The lowest BCUT2D eigenvalue weighted by Crippen LogP contribution is -2.40. The van der Waals surface area contributed by atoms with Crippen LogP contribution in [0.1, 0.15) is 58.9 Å². The van der Waals surface area contributed by atoms with E-state index in [2.05, 4.69) is 20.9 Å². The Morgan fingerprint density at radius 3 is 2.58 bits per heavy atom. The number of carboxylic acid groups (broad SMARTS) is 1. The third-order valence-electron chi connectivity index (χ3n) is 8.26. The molecular formula is C34H40F3N7O3S. The highest BCUT2D eigenvalue weighted by atomic mass is 32.2. The van der Waals surface area contributed by atoms with Crippen molar-refractivity contribution in [2.24, 2.45) is 10.8 Å². The minimum atomic E-state index is -4.43. The SMILES string of the molecule is CC(C)(CN1CCCCCCc2ccccc2-c2nc(cnc2-n2ccc(OCC(C)(C)C(F)(F)F)n2)NSc2ccnc1c2)C(=O)O. The van der Waals surface area contributed by atoms with E-state index in [1.807, 2.05) is 35.2 Å². The zero-order chi connectivity index (χ0) is 34.5. The third kappa shape index (κ3) is 8.38. The zero-order valence-corrected chi connectivity index (χ0v) is 28.2. The number of rotatable bonds is 7. The second-order valence-corrected chi connectivity index (χ2v) is 14.1. The summed E-state index contributed by atoms with van der Waals surface area (Å²) in [6.45, 7) is 6.04. The standard InChI is InChI=1S/C34H40F3N7O3S/c1-32(2,31(45)46)21-43-17-10-6-5-7-11-23-12-8-9-13-25(23)29-30(39-20-26(40-29)42-48-24-14-16-38-27(43)19-24)44-18-15-28(41-44)47-22-33(3,4)34(35,36)37/h8-9,12-16,18-20H,5-7,10-11,17,21-22H2,1-4H3,(H,40,42)(H,45,46). The van der Waals surface area contributed by atoms with Gasteiger partial charge in [-0.25, -0.2) is 19.6 Å². The third-order valence-corrected chi connectivity index (χ3v) is 9.06. The number of nitrogens with one attached hydrogen (secondary N) is 1. The van der Waals surface area contributed by atoms with Crippen molar-refractivity contribution in [1.29, 1.82) is 0 Å². The van der Waals surface area contributed by atoms with E-state index in [0.29, 0.717) is 36.2 Å². The van der Waals surface area contributed by atoms with Gasteiger partial charge in [-0.05, 0) is 76.6 Å². The Balaban J connectivity index is 1.47. The molecule has 256 valence electrons. The molecule has 5 rings (SSSR count). The number of carbonyl (C=O) groups is 1. The molecule has 48 heavy (non-hydrogen) atoms. The predicted octanol–water partition coefficient (Wildman–Crippen LogP) is 7.84. The summed E-state index contributed by atoms with van der Waals surface area (Å²) in [4.78, 5) is 29.1. The molecule has 0 fully saturated rings. The van der Waals surface area contributed by atoms with Crippen LogP contribution in [0.3, 0.4) is 0 Å². The topological polar surface area (TPSA) is 118 Å². The van der Waals surface area contributed by atoms with Gasteiger partial charge < -0.3 is 19.5 Å². The quantitative estimate of drug-likeness (QED) is 0.187. The minimum absolute atomic E-state index is 0.0471. The number of nitrogens with zero attached hydrogens (tertiary/aromatic N) is 6. The maximum Gasteiger partial charge on any atom is 0.397 e. The predicted molar refractivity (Wildman–Crippen MR) is 179 cm³/mol. The molecule has 3 aromatic heterocycles. The van der Waals surface area contributed by atoms with Crippen molar-refractivity contribution in [3.63, 3.8) is 0 Å². The van der Waals surface area contributed by atoms with Crippen molar-refractivity contribution in [2.45, 2.75) is 70.9 Å². The Hall–Kier alpha value is -4.33. The summed E-state index contributed by atoms with van der Waals surface area (Å²) in [6, 6.07) is 13.3. The van der Waals surface area contributed by atoms with E-state index in [4.69, 9.17) is 14.7 Å². The number of hydrogen-bond donors (Lipinski definition) is 2. The maximum absolute atomic E-state index is 13.4. The van der Waals surface area contributed by atoms with Crippen LogP contribution in [0.25, 0.3) is 17.1 Å². The normalized spacial score (nSPS) is 14.9. The first-order valence-corrected chi connectivity index (χ1v) is 16.6. The number of aromatic nitrogens is 5. The number of halogens is 3. The second-order valence-electron chi connectivity index (χ2n) is 13.2. The molecule has 0 radical (unpaired) electrons. The molecule has 0 unspecified atom stereocenters. The molecule has 1 aliphatic rings. The molecule has 4 heterocycles. The van der Waals surface area contributed by atoms with Crippen molar-refractivity contribution in [1.82, 2.24) is 24.7 Å². The molecule has 0 saturated heterocycles. The summed E-state index contributed by atoms with van der Waals surface area (Å²) >= 11 is 1.33. The van der Waals surface area contributed by atoms with E-state index in [-0.39, 0.29) is 5.88 Å². The van der Waals surface area contributed by atoms with Crippen molar-refractivity contribution in [3.05, 3.63) is 66.6 Å². The molecule has 0 atom stereocenters. The number of fused-ring (bicyclic) bond motifs is 6. The van der Waals surface area contributed by atoms with Crippen molar-refractivity contribution >= 4 is 29.6 Å². The molecule has 0 saturated carbocycles. The van der Waals surface area contributed by atoms with Gasteiger partial charge in [-0.3, -0.25) is 4.79 Å². The molecule has 10 nitrogen and oxygen atoms in total. The molecule has 4 bridgehead atoms. The summed E-state index contributed by atoms with van der Waals surface area (Å²) in [6.07, 6.45) is 4.99. The Kier molecular flexibility index (Phi) is 10.5. The van der Waals surface area contributed by atoms with Crippen molar-refractivity contribution in [2.75, 3.05) is 29.3 Å². The molecule has 2 N–H and O–H groups in total. The van der Waals surface area contributed by atoms with Gasteiger partial charge in [0.05, 0.1) is 17.0 Å². The minimum Gasteiger partial charge on any atom is -0.481 e. The number of aliphatic carboxylic acids is 1. The average Bonchev–Trinajstić information content (AvgIpc) is 3.52. The van der Waals surface area contributed by atoms with E-state index in [1.165, 1.54) is 22.7 Å². The number of anilines is 2. The van der Waals surface area contributed by atoms with Gasteiger partial charge in [0.1, 0.15) is 18.1 Å². The first-order valence-electron chi connectivity index (χ1n) is 15.8. The van der Waals surface area contributed by atoms with Crippen LogP contribution >= 0.6 is 11.9 Å². The van der Waals surface area contributed by atoms with Gasteiger partial charge in [0.15, 0.2) is 11.6 Å². The van der Waals surface area contributed by atoms with Crippen molar-refractivity contribution in [3.8, 4) is 23.0 Å². The number of alkyl halides is 3. The smallest absolute Gasteiger partial charge is 0.397 e. The fraction of sp³-hybridized carbons (Fsp3) is 0.441. The Morgan fingerprint density at radius 2 is 1.81 bits per heavy atom. The van der Waals surface area contributed by atoms with Gasteiger partial charge in [0.25, 0.3) is 0 Å². The lowest BCUT2D eigenvalue weighted by Gasteiger charge is -2.31. The van der Waals surface area contributed by atoms with Gasteiger partial charge in [0, 0.05) is 42.0 Å². The number of carboxylic acids is 1. The molecule has 1 aliphatic heterocycles. The number of benzene rings is 1. The number of ether oxygens (including phenoxy) is 1. The van der Waals surface area contributed by atoms with E-state index in [9.17, 15) is 23.1 Å². The molecule has 4 aromatic rings. The lowest BCUT2D eigenvalue weighted by atomic mass is 9.93. The van der Waals surface area contributed by atoms with Crippen LogP contribution in [-0.2, 0) is 11.2 Å². The summed E-state index contributed by atoms with van der Waals surface area (Å²) in [7, 11) is 0. The van der Waals surface area contributed by atoms with Crippen LogP contribution in [0.2, 0.25) is 0 Å². The Morgan fingerprint density at radius 1 is 1.04 bits per heavy atom. The van der Waals surface area contributed by atoms with Crippen molar-refractivity contribution < 1.29 is 27.8 Å². The fourth-order valence-corrected chi connectivity index (χ4v) is 5.74. The largest absolute Gasteiger partial charge is 0.481 e. The van der Waals surface area contributed by atoms with Crippen LogP contribution in [0.15, 0.2) is 66.0 Å². The van der Waals surface area contributed by atoms with E-state index >= 15 is 0 Å². The van der Waals surface area contributed by atoms with Gasteiger partial charge in [-0.15, -0.1) is 5.10 Å². The van der Waals surface area contributed by atoms with E-state index in [1.54, 1.807) is 32.4 Å². The first kappa shape index (κ1) is 35.0. The molecule has 14 heteroatoms. The second kappa shape index (κ2) is 14.4. The fourth-order valence-electron chi connectivity index (χ4n) is 5.13. The Labute approximate surface area is 282 Å². The van der Waals surface area contributed by atoms with E-state index < -0.39 is 29.6 Å².